The van der Waals surface area contributed by atoms with Gasteiger partial charge in [-0.15, -0.1) is 11.3 Å². The van der Waals surface area contributed by atoms with Crippen LogP contribution in [0.3, 0.4) is 0 Å². The molecule has 3 nitrogen and oxygen atoms in total. The molecule has 1 atom stereocenters. The Morgan fingerprint density at radius 2 is 2.00 bits per heavy atom. The number of halogens is 3. The first kappa shape index (κ1) is 17.3. The van der Waals surface area contributed by atoms with Crippen molar-refractivity contribution in [3.63, 3.8) is 0 Å². The van der Waals surface area contributed by atoms with E-state index in [1.807, 2.05) is 11.3 Å². The van der Waals surface area contributed by atoms with E-state index < -0.39 is 12.1 Å². The van der Waals surface area contributed by atoms with Crippen molar-refractivity contribution in [1.82, 2.24) is 0 Å². The predicted octanol–water partition coefficient (Wildman–Crippen LogP) is 2.14. The lowest BCUT2D eigenvalue weighted by molar-refractivity contribution is -0.929. The van der Waals surface area contributed by atoms with E-state index in [-0.39, 0.29) is 0 Å². The summed E-state index contributed by atoms with van der Waals surface area (Å²) in [5.41, 5.74) is 2.22. The molecule has 0 aromatic carbocycles. The number of alkyl halides is 3. The van der Waals surface area contributed by atoms with E-state index in [0.29, 0.717) is 5.54 Å². The summed E-state index contributed by atoms with van der Waals surface area (Å²) < 4.78 is 32.8. The molecular weight excluding hydrogens is 315 g/mol. The van der Waals surface area contributed by atoms with Crippen LogP contribution in [-0.4, -0.2) is 42.8 Å². The van der Waals surface area contributed by atoms with Gasteiger partial charge in [-0.1, -0.05) is 0 Å². The third-order valence-electron chi connectivity index (χ3n) is 5.06. The number of hydrogen-bond donors (Lipinski definition) is 0. The number of nitrogens with zero attached hydrogens (tertiary/aromatic N) is 1. The van der Waals surface area contributed by atoms with Crippen molar-refractivity contribution in [3.8, 4) is 0 Å². The number of quaternary nitrogens is 1. The number of carbonyl (C=O) groups is 1. The molecule has 2 aliphatic rings. The first-order valence-corrected chi connectivity index (χ1v) is 8.12. The number of hydrogen-bond acceptors (Lipinski definition) is 3. The fourth-order valence-electron chi connectivity index (χ4n) is 3.57. The van der Waals surface area contributed by atoms with Crippen LogP contribution in [0.15, 0.2) is 11.4 Å². The van der Waals surface area contributed by atoms with Crippen molar-refractivity contribution < 1.29 is 27.6 Å². The van der Waals surface area contributed by atoms with Crippen molar-refractivity contribution in [3.05, 3.63) is 21.9 Å². The van der Waals surface area contributed by atoms with Crippen LogP contribution in [0.1, 0.15) is 29.7 Å². The first-order chi connectivity index (χ1) is 10.1. The van der Waals surface area contributed by atoms with E-state index >= 15 is 0 Å². The maximum Gasteiger partial charge on any atom is 0.430 e. The summed E-state index contributed by atoms with van der Waals surface area (Å²) in [7, 11) is 4.87. The van der Waals surface area contributed by atoms with Crippen LogP contribution in [0, 0.1) is 0 Å². The number of aliphatic carboxylic acids is 1. The van der Waals surface area contributed by atoms with Crippen molar-refractivity contribution in [2.24, 2.45) is 0 Å². The number of likely N-dealkylation sites (N-methyl/N-ethyl adjacent to an activating group) is 1. The molecule has 0 N–H and O–H groups in total. The lowest BCUT2D eigenvalue weighted by Crippen LogP contribution is -2.57. The van der Waals surface area contributed by atoms with Crippen molar-refractivity contribution in [2.75, 3.05) is 20.6 Å². The summed E-state index contributed by atoms with van der Waals surface area (Å²) in [6.45, 7) is 1.38. The highest BCUT2D eigenvalue weighted by molar-refractivity contribution is 7.10. The van der Waals surface area contributed by atoms with Crippen molar-refractivity contribution in [2.45, 2.75) is 43.8 Å². The van der Waals surface area contributed by atoms with Gasteiger partial charge in [-0.05, 0) is 23.4 Å². The highest BCUT2D eigenvalue weighted by atomic mass is 32.1. The van der Waals surface area contributed by atoms with E-state index in [2.05, 4.69) is 25.5 Å². The van der Waals surface area contributed by atoms with Gasteiger partial charge in [-0.3, -0.25) is 0 Å². The molecule has 22 heavy (non-hydrogen) atoms. The van der Waals surface area contributed by atoms with Gasteiger partial charge in [0.1, 0.15) is 11.5 Å². The smallest absolute Gasteiger partial charge is 0.430 e. The quantitative estimate of drug-likeness (QED) is 0.682. The lowest BCUT2D eigenvalue weighted by atomic mass is 9.79. The molecule has 1 aliphatic heterocycles. The third kappa shape index (κ3) is 3.30. The van der Waals surface area contributed by atoms with Crippen LogP contribution in [0.2, 0.25) is 0 Å². The molecule has 1 aliphatic carbocycles. The van der Waals surface area contributed by atoms with E-state index in [4.69, 9.17) is 9.90 Å². The third-order valence-corrected chi connectivity index (χ3v) is 6.03. The molecule has 2 heterocycles. The van der Waals surface area contributed by atoms with Crippen molar-refractivity contribution >= 4 is 17.3 Å². The second-order valence-corrected chi connectivity index (χ2v) is 7.57. The van der Waals surface area contributed by atoms with Gasteiger partial charge in [0.15, 0.2) is 0 Å². The number of rotatable bonds is 0. The minimum absolute atomic E-state index is 0.581. The van der Waals surface area contributed by atoms with Gasteiger partial charge in [0, 0.05) is 30.6 Å². The Kier molecular flexibility index (Phi) is 4.59. The van der Waals surface area contributed by atoms with Gasteiger partial charge in [0.2, 0.25) is 0 Å². The number of carbonyl (C=O) groups excluding carboxylic acids is 1. The second-order valence-electron chi connectivity index (χ2n) is 6.57. The number of likely N-dealkylation sites (tertiary alicyclic amines) is 1. The fraction of sp³-hybridized carbons (Fsp3) is 0.667. The first-order valence-electron chi connectivity index (χ1n) is 7.24. The summed E-state index contributed by atoms with van der Waals surface area (Å²) in [5.74, 6) is -3.01. The zero-order valence-corrected chi connectivity index (χ0v) is 13.5. The van der Waals surface area contributed by atoms with Gasteiger partial charge in [0.05, 0.1) is 20.6 Å². The van der Waals surface area contributed by atoms with Crippen molar-refractivity contribution in [1.29, 1.82) is 0 Å². The molecule has 0 saturated carbocycles. The number of fused-ring (bicyclic) bond motifs is 1. The molecule has 0 amide bonds. The van der Waals surface area contributed by atoms with E-state index in [0.717, 1.165) is 0 Å². The van der Waals surface area contributed by atoms with Crippen LogP contribution in [0.25, 0.3) is 0 Å². The summed E-state index contributed by atoms with van der Waals surface area (Å²) in [5, 5.41) is 11.1. The van der Waals surface area contributed by atoms with Gasteiger partial charge in [0.25, 0.3) is 0 Å². The van der Waals surface area contributed by atoms with Gasteiger partial charge in [-0.25, -0.2) is 0 Å². The van der Waals surface area contributed by atoms with Crippen LogP contribution < -0.4 is 5.11 Å². The highest BCUT2D eigenvalue weighted by Crippen LogP contribution is 2.44. The number of aryl methyl sites for hydroxylation is 1. The minimum atomic E-state index is -5.19. The molecule has 0 radical (unpaired) electrons. The monoisotopic (exact) mass is 335 g/mol. The molecule has 1 spiro atoms. The number of carboxylic acids is 1. The van der Waals surface area contributed by atoms with Crippen LogP contribution in [0.5, 0.6) is 0 Å². The molecule has 1 aromatic rings. The van der Waals surface area contributed by atoms with Crippen LogP contribution >= 0.6 is 11.3 Å². The fourth-order valence-corrected chi connectivity index (χ4v) is 4.64. The highest BCUT2D eigenvalue weighted by Gasteiger charge is 2.51. The van der Waals surface area contributed by atoms with Crippen LogP contribution in [0.4, 0.5) is 13.2 Å². The average Bonchev–Trinajstić information content (AvgIpc) is 2.94. The summed E-state index contributed by atoms with van der Waals surface area (Å²) in [6, 6.07) is 2.34. The standard InChI is InChI=1S/C13H20NS.C2HF3O2/c1-14(2)8-3-6-13(14)7-4-11-5-9-15-12(11)10-13;3-2(4,5)1(6)7/h5,9H,3-4,6-8,10H2,1-2H3;(H,6,7)/q+1;/p-1. The number of carboxylic acid groups (broad SMARTS) is 1. The van der Waals surface area contributed by atoms with E-state index in [9.17, 15) is 13.2 Å². The Hall–Kier alpha value is -1.08. The van der Waals surface area contributed by atoms with E-state index in [1.54, 1.807) is 10.4 Å². The topological polar surface area (TPSA) is 40.1 Å². The largest absolute Gasteiger partial charge is 0.542 e. The predicted molar refractivity (Wildman–Crippen MR) is 76.3 cm³/mol. The maximum absolute atomic E-state index is 10.5. The zero-order valence-electron chi connectivity index (χ0n) is 12.7. The Balaban J connectivity index is 0.000000217. The molecule has 1 saturated heterocycles. The molecular formula is C15H20F3NO2S. The Morgan fingerprint density at radius 3 is 2.50 bits per heavy atom. The van der Waals surface area contributed by atoms with Gasteiger partial charge in [-0.2, -0.15) is 13.2 Å². The zero-order chi connectivity index (χ0) is 16.6. The van der Waals surface area contributed by atoms with Crippen LogP contribution in [-0.2, 0) is 17.6 Å². The summed E-state index contributed by atoms with van der Waals surface area (Å²) >= 11 is 1.98. The SMILES string of the molecule is C[N+]1(C)CCCC12CCc1ccsc1C2.O=C([O-])C(F)(F)F. The molecule has 3 rings (SSSR count). The number of thiophene rings is 1. The average molecular weight is 335 g/mol. The molecule has 1 unspecified atom stereocenters. The normalized spacial score (nSPS) is 26.2. The molecule has 1 aromatic heterocycles. The molecule has 1 fully saturated rings. The summed E-state index contributed by atoms with van der Waals surface area (Å²) in [6.07, 6.45) is 1.74. The van der Waals surface area contributed by atoms with Gasteiger partial charge < -0.3 is 14.4 Å². The maximum atomic E-state index is 10.5. The van der Waals surface area contributed by atoms with Gasteiger partial charge >= 0.3 is 6.18 Å². The molecule has 124 valence electrons. The Bertz CT molecular complexity index is 553. The minimum Gasteiger partial charge on any atom is -0.542 e. The Morgan fingerprint density at radius 1 is 1.36 bits per heavy atom. The molecule has 7 heteroatoms. The Labute approximate surface area is 132 Å². The lowest BCUT2D eigenvalue weighted by Gasteiger charge is -2.45. The summed E-state index contributed by atoms with van der Waals surface area (Å²) in [4.78, 5) is 10.5. The van der Waals surface area contributed by atoms with E-state index in [1.165, 1.54) is 43.1 Å². The second kappa shape index (κ2) is 5.85. The molecule has 0 bridgehead atoms.